The molecule has 1 rings (SSSR count). The molecule has 0 aromatic heterocycles. The minimum Gasteiger partial charge on any atom is -0.295 e. The zero-order valence-electron chi connectivity index (χ0n) is 9.70. The average Bonchev–Trinajstić information content (AvgIpc) is 2.16. The molecule has 1 atom stereocenters. The van der Waals surface area contributed by atoms with Crippen LogP contribution in [0.2, 0.25) is 0 Å². The van der Waals surface area contributed by atoms with Crippen LogP contribution in [0.25, 0.3) is 0 Å². The summed E-state index contributed by atoms with van der Waals surface area (Å²) < 4.78 is 0. The zero-order valence-corrected chi connectivity index (χ0v) is 9.70. The molecule has 1 heteroatoms. The molecule has 0 radical (unpaired) electrons. The van der Waals surface area contributed by atoms with Gasteiger partial charge >= 0.3 is 0 Å². The van der Waals surface area contributed by atoms with Crippen molar-refractivity contribution in [2.24, 2.45) is 11.8 Å². The van der Waals surface area contributed by atoms with Crippen molar-refractivity contribution >= 4 is 5.78 Å². The lowest BCUT2D eigenvalue weighted by atomic mass is 9.89. The van der Waals surface area contributed by atoms with E-state index < -0.39 is 0 Å². The van der Waals surface area contributed by atoms with Crippen molar-refractivity contribution < 1.29 is 4.79 Å². The first kappa shape index (κ1) is 12.0. The van der Waals surface area contributed by atoms with Crippen LogP contribution in [0, 0.1) is 11.8 Å². The lowest BCUT2D eigenvalue weighted by Gasteiger charge is -2.16. The highest BCUT2D eigenvalue weighted by Gasteiger charge is 2.11. The molecule has 0 saturated heterocycles. The van der Waals surface area contributed by atoms with Gasteiger partial charge in [0.25, 0.3) is 0 Å². The van der Waals surface area contributed by atoms with Crippen molar-refractivity contribution in [3.63, 3.8) is 0 Å². The van der Waals surface area contributed by atoms with Gasteiger partial charge in [-0.25, -0.2) is 0 Å². The summed E-state index contributed by atoms with van der Waals surface area (Å²) in [6.45, 7) is 8.35. The minimum absolute atomic E-state index is 0.240. The molecule has 0 amide bonds. The Balaban J connectivity index is 2.74. The van der Waals surface area contributed by atoms with Crippen molar-refractivity contribution in [3.05, 3.63) is 36.5 Å². The molecule has 1 aliphatic rings. The second kappa shape index (κ2) is 5.69. The molecule has 15 heavy (non-hydrogen) atoms. The van der Waals surface area contributed by atoms with Crippen LogP contribution in [-0.4, -0.2) is 5.78 Å². The summed E-state index contributed by atoms with van der Waals surface area (Å²) in [6, 6.07) is 0. The fourth-order valence-electron chi connectivity index (χ4n) is 1.71. The summed E-state index contributed by atoms with van der Waals surface area (Å²) in [5.41, 5.74) is 1.08. The number of carbonyl (C=O) groups is 1. The van der Waals surface area contributed by atoms with E-state index in [1.807, 2.05) is 6.08 Å². The SMILES string of the molecule is C=C1C=CC(C(C)C)CCC(=O)C=CC1. The number of hydrogen-bond acceptors (Lipinski definition) is 1. The van der Waals surface area contributed by atoms with E-state index >= 15 is 0 Å². The van der Waals surface area contributed by atoms with Gasteiger partial charge in [0.2, 0.25) is 0 Å². The molecule has 0 aromatic rings. The quantitative estimate of drug-likeness (QED) is 0.636. The molecule has 0 spiro atoms. The molecular weight excluding hydrogens is 184 g/mol. The standard InChI is InChI=1S/C14H20O/c1-11(2)13-8-7-12(3)5-4-6-14(15)10-9-13/h4,6-8,11,13H,3,5,9-10H2,1-2H3. The molecule has 0 saturated carbocycles. The molecule has 1 nitrogen and oxygen atoms in total. The van der Waals surface area contributed by atoms with Gasteiger partial charge in [0.15, 0.2) is 5.78 Å². The maximum atomic E-state index is 11.4. The lowest BCUT2D eigenvalue weighted by molar-refractivity contribution is -0.114. The monoisotopic (exact) mass is 204 g/mol. The molecule has 0 bridgehead atoms. The van der Waals surface area contributed by atoms with Gasteiger partial charge in [-0.2, -0.15) is 0 Å². The third-order valence-electron chi connectivity index (χ3n) is 2.84. The summed E-state index contributed by atoms with van der Waals surface area (Å²) in [5, 5.41) is 0. The highest BCUT2D eigenvalue weighted by molar-refractivity contribution is 5.89. The van der Waals surface area contributed by atoms with Crippen molar-refractivity contribution in [2.45, 2.75) is 33.1 Å². The second-order valence-electron chi connectivity index (χ2n) is 4.54. The molecule has 0 N–H and O–H groups in total. The smallest absolute Gasteiger partial charge is 0.155 e. The summed E-state index contributed by atoms with van der Waals surface area (Å²) in [4.78, 5) is 11.4. The Kier molecular flexibility index (Phi) is 4.54. The van der Waals surface area contributed by atoms with E-state index in [0.29, 0.717) is 18.3 Å². The molecule has 1 unspecified atom stereocenters. The molecular formula is C14H20O. The lowest BCUT2D eigenvalue weighted by Crippen LogP contribution is -2.08. The molecule has 1 aliphatic carbocycles. The van der Waals surface area contributed by atoms with Crippen LogP contribution in [0.4, 0.5) is 0 Å². The van der Waals surface area contributed by atoms with Gasteiger partial charge in [-0.3, -0.25) is 4.79 Å². The Labute approximate surface area is 92.6 Å². The fraction of sp³-hybridized carbons (Fsp3) is 0.500. The summed E-state index contributed by atoms with van der Waals surface area (Å²) in [6.07, 6.45) is 10.3. The highest BCUT2D eigenvalue weighted by atomic mass is 16.1. The van der Waals surface area contributed by atoms with Gasteiger partial charge in [0.1, 0.15) is 0 Å². The molecule has 82 valence electrons. The number of hydrogen-bond donors (Lipinski definition) is 0. The predicted octanol–water partition coefficient (Wildman–Crippen LogP) is 3.68. The summed E-state index contributed by atoms with van der Waals surface area (Å²) >= 11 is 0. The molecule has 0 heterocycles. The first-order valence-electron chi connectivity index (χ1n) is 5.65. The van der Waals surface area contributed by atoms with E-state index in [1.54, 1.807) is 6.08 Å². The normalized spacial score (nSPS) is 23.5. The van der Waals surface area contributed by atoms with Crippen LogP contribution in [0.3, 0.4) is 0 Å². The minimum atomic E-state index is 0.240. The average molecular weight is 204 g/mol. The van der Waals surface area contributed by atoms with Gasteiger partial charge in [-0.05, 0) is 30.8 Å². The number of allylic oxidation sites excluding steroid dienone is 5. The first-order valence-corrected chi connectivity index (χ1v) is 5.65. The zero-order chi connectivity index (χ0) is 11.3. The third-order valence-corrected chi connectivity index (χ3v) is 2.84. The summed E-state index contributed by atoms with van der Waals surface area (Å²) in [7, 11) is 0. The molecule has 0 aliphatic heterocycles. The number of carbonyl (C=O) groups excluding carboxylic acids is 1. The number of rotatable bonds is 1. The Morgan fingerprint density at radius 3 is 2.80 bits per heavy atom. The van der Waals surface area contributed by atoms with Crippen molar-refractivity contribution in [3.8, 4) is 0 Å². The molecule has 0 aromatic carbocycles. The first-order chi connectivity index (χ1) is 7.09. The largest absolute Gasteiger partial charge is 0.295 e. The van der Waals surface area contributed by atoms with Crippen LogP contribution in [0.1, 0.15) is 33.1 Å². The molecule has 0 fully saturated rings. The van der Waals surface area contributed by atoms with Crippen molar-refractivity contribution in [2.75, 3.05) is 0 Å². The van der Waals surface area contributed by atoms with Gasteiger partial charge in [-0.15, -0.1) is 0 Å². The van der Waals surface area contributed by atoms with E-state index in [4.69, 9.17) is 0 Å². The van der Waals surface area contributed by atoms with E-state index in [9.17, 15) is 4.79 Å². The van der Waals surface area contributed by atoms with Crippen molar-refractivity contribution in [1.29, 1.82) is 0 Å². The van der Waals surface area contributed by atoms with E-state index in [0.717, 1.165) is 18.4 Å². The van der Waals surface area contributed by atoms with E-state index in [1.165, 1.54) is 0 Å². The Morgan fingerprint density at radius 2 is 2.13 bits per heavy atom. The summed E-state index contributed by atoms with van der Waals surface area (Å²) in [5.74, 6) is 1.33. The van der Waals surface area contributed by atoms with Gasteiger partial charge < -0.3 is 0 Å². The Bertz CT molecular complexity index is 294. The Morgan fingerprint density at radius 1 is 1.40 bits per heavy atom. The van der Waals surface area contributed by atoms with Gasteiger partial charge in [-0.1, -0.05) is 44.2 Å². The van der Waals surface area contributed by atoms with Crippen LogP contribution in [-0.2, 0) is 4.79 Å². The predicted molar refractivity (Wildman–Crippen MR) is 64.6 cm³/mol. The fourth-order valence-corrected chi connectivity index (χ4v) is 1.71. The van der Waals surface area contributed by atoms with E-state index in [-0.39, 0.29) is 5.78 Å². The maximum absolute atomic E-state index is 11.4. The van der Waals surface area contributed by atoms with Crippen LogP contribution >= 0.6 is 0 Å². The number of ketones is 1. The third kappa shape index (κ3) is 4.28. The van der Waals surface area contributed by atoms with Gasteiger partial charge in [0, 0.05) is 6.42 Å². The van der Waals surface area contributed by atoms with Crippen LogP contribution < -0.4 is 0 Å². The topological polar surface area (TPSA) is 17.1 Å². The Hall–Kier alpha value is -1.11. The van der Waals surface area contributed by atoms with Gasteiger partial charge in [0.05, 0.1) is 0 Å². The van der Waals surface area contributed by atoms with E-state index in [2.05, 4.69) is 32.6 Å². The highest BCUT2D eigenvalue weighted by Crippen LogP contribution is 2.21. The van der Waals surface area contributed by atoms with Crippen LogP contribution in [0.5, 0.6) is 0 Å². The van der Waals surface area contributed by atoms with Crippen LogP contribution in [0.15, 0.2) is 36.5 Å². The van der Waals surface area contributed by atoms with Crippen molar-refractivity contribution in [1.82, 2.24) is 0 Å². The maximum Gasteiger partial charge on any atom is 0.155 e. The second-order valence-corrected chi connectivity index (χ2v) is 4.54.